The minimum Gasteiger partial charge on any atom is -0.345 e. The van der Waals surface area contributed by atoms with Crippen LogP contribution in [0.25, 0.3) is 0 Å². The molecule has 1 aliphatic rings. The fourth-order valence-electron chi connectivity index (χ4n) is 2.11. The van der Waals surface area contributed by atoms with Crippen LogP contribution in [-0.4, -0.2) is 45.6 Å². The third kappa shape index (κ3) is 2.89. The van der Waals surface area contributed by atoms with Gasteiger partial charge < -0.3 is 4.90 Å². The Morgan fingerprint density at radius 1 is 1.16 bits per heavy atom. The molecule has 0 unspecified atom stereocenters. The highest BCUT2D eigenvalue weighted by Gasteiger charge is 2.25. The van der Waals surface area contributed by atoms with Gasteiger partial charge in [0, 0.05) is 26.2 Å². The molecule has 1 aromatic rings. The standard InChI is InChI=1S/C13H18N2O3S/c1-14(2)13(16)11-5-7-12(8-6-11)15-9-3-4-10-19(15,17)18/h5-8H,3-4,9-10H2,1-2H3. The number of benzene rings is 1. The predicted octanol–water partition coefficient (Wildman–Crippen LogP) is 1.32. The lowest BCUT2D eigenvalue weighted by molar-refractivity contribution is 0.0827. The van der Waals surface area contributed by atoms with Crippen molar-refractivity contribution in [2.45, 2.75) is 12.8 Å². The summed E-state index contributed by atoms with van der Waals surface area (Å²) < 4.78 is 25.4. The smallest absolute Gasteiger partial charge is 0.253 e. The second kappa shape index (κ2) is 5.21. The lowest BCUT2D eigenvalue weighted by Gasteiger charge is -2.28. The van der Waals surface area contributed by atoms with Crippen LogP contribution in [0.5, 0.6) is 0 Å². The molecule has 0 N–H and O–H groups in total. The predicted molar refractivity (Wildman–Crippen MR) is 74.8 cm³/mol. The molecule has 1 saturated heterocycles. The van der Waals surface area contributed by atoms with Crippen LogP contribution in [0.3, 0.4) is 0 Å². The summed E-state index contributed by atoms with van der Waals surface area (Å²) in [5, 5.41) is 0. The Morgan fingerprint density at radius 2 is 1.79 bits per heavy atom. The van der Waals surface area contributed by atoms with Crippen molar-refractivity contribution >= 4 is 21.6 Å². The van der Waals surface area contributed by atoms with Gasteiger partial charge in [0.2, 0.25) is 10.0 Å². The van der Waals surface area contributed by atoms with Crippen molar-refractivity contribution in [3.8, 4) is 0 Å². The molecule has 6 heteroatoms. The van der Waals surface area contributed by atoms with Crippen molar-refractivity contribution in [1.82, 2.24) is 4.90 Å². The summed E-state index contributed by atoms with van der Waals surface area (Å²) in [6.07, 6.45) is 1.59. The van der Waals surface area contributed by atoms with Crippen LogP contribution in [-0.2, 0) is 10.0 Å². The van der Waals surface area contributed by atoms with Crippen LogP contribution in [0.4, 0.5) is 5.69 Å². The van der Waals surface area contributed by atoms with E-state index in [1.54, 1.807) is 38.4 Å². The molecular weight excluding hydrogens is 264 g/mol. The SMILES string of the molecule is CN(C)C(=O)c1ccc(N2CCCCS2(=O)=O)cc1. The summed E-state index contributed by atoms with van der Waals surface area (Å²) in [6, 6.07) is 6.72. The van der Waals surface area contributed by atoms with Crippen LogP contribution >= 0.6 is 0 Å². The van der Waals surface area contributed by atoms with Gasteiger partial charge in [-0.25, -0.2) is 8.42 Å². The van der Waals surface area contributed by atoms with Crippen molar-refractivity contribution in [2.75, 3.05) is 30.7 Å². The molecule has 1 fully saturated rings. The number of nitrogens with zero attached hydrogens (tertiary/aromatic N) is 2. The van der Waals surface area contributed by atoms with E-state index in [4.69, 9.17) is 0 Å². The number of carbonyl (C=O) groups excluding carboxylic acids is 1. The van der Waals surface area contributed by atoms with Crippen molar-refractivity contribution in [2.24, 2.45) is 0 Å². The third-order valence-electron chi connectivity index (χ3n) is 3.16. The van der Waals surface area contributed by atoms with Gasteiger partial charge >= 0.3 is 0 Å². The fourth-order valence-corrected chi connectivity index (χ4v) is 3.75. The molecule has 1 heterocycles. The maximum Gasteiger partial charge on any atom is 0.253 e. The number of anilines is 1. The van der Waals surface area contributed by atoms with Crippen molar-refractivity contribution in [3.05, 3.63) is 29.8 Å². The molecule has 1 aromatic carbocycles. The van der Waals surface area contributed by atoms with Crippen LogP contribution in [0.2, 0.25) is 0 Å². The first-order chi connectivity index (χ1) is 8.92. The average molecular weight is 282 g/mol. The lowest BCUT2D eigenvalue weighted by Crippen LogP contribution is -2.37. The first-order valence-electron chi connectivity index (χ1n) is 6.24. The van der Waals surface area contributed by atoms with Crippen LogP contribution in [0.15, 0.2) is 24.3 Å². The number of amides is 1. The number of sulfonamides is 1. The molecule has 2 rings (SSSR count). The molecule has 1 aliphatic heterocycles. The number of carbonyl (C=O) groups is 1. The van der Waals surface area contributed by atoms with E-state index in [0.29, 0.717) is 17.8 Å². The zero-order valence-corrected chi connectivity index (χ0v) is 12.0. The van der Waals surface area contributed by atoms with Gasteiger partial charge in [0.25, 0.3) is 5.91 Å². The van der Waals surface area contributed by atoms with Gasteiger partial charge in [0.15, 0.2) is 0 Å². The Morgan fingerprint density at radius 3 is 2.32 bits per heavy atom. The van der Waals surface area contributed by atoms with E-state index in [1.807, 2.05) is 0 Å². The van der Waals surface area contributed by atoms with E-state index in [0.717, 1.165) is 12.8 Å². The maximum atomic E-state index is 12.0. The van der Waals surface area contributed by atoms with Crippen molar-refractivity contribution < 1.29 is 13.2 Å². The highest BCUT2D eigenvalue weighted by molar-refractivity contribution is 7.92. The quantitative estimate of drug-likeness (QED) is 0.822. The second-order valence-corrected chi connectivity index (χ2v) is 6.85. The first-order valence-corrected chi connectivity index (χ1v) is 7.85. The summed E-state index contributed by atoms with van der Waals surface area (Å²) in [5.74, 6) is 0.110. The summed E-state index contributed by atoms with van der Waals surface area (Å²) in [6.45, 7) is 0.517. The molecule has 0 spiro atoms. The van der Waals surface area contributed by atoms with Crippen LogP contribution in [0.1, 0.15) is 23.2 Å². The zero-order chi connectivity index (χ0) is 14.0. The van der Waals surface area contributed by atoms with E-state index in [-0.39, 0.29) is 11.7 Å². The fraction of sp³-hybridized carbons (Fsp3) is 0.462. The van der Waals surface area contributed by atoms with Crippen LogP contribution < -0.4 is 4.31 Å². The second-order valence-electron chi connectivity index (χ2n) is 4.84. The lowest BCUT2D eigenvalue weighted by atomic mass is 10.2. The summed E-state index contributed by atoms with van der Waals surface area (Å²) in [5.41, 5.74) is 1.19. The third-order valence-corrected chi connectivity index (χ3v) is 5.03. The molecule has 0 aliphatic carbocycles. The summed E-state index contributed by atoms with van der Waals surface area (Å²) in [4.78, 5) is 13.2. The molecule has 5 nitrogen and oxygen atoms in total. The summed E-state index contributed by atoms with van der Waals surface area (Å²) in [7, 11) is 0.184. The molecule has 0 saturated carbocycles. The van der Waals surface area contributed by atoms with E-state index in [9.17, 15) is 13.2 Å². The zero-order valence-electron chi connectivity index (χ0n) is 11.2. The normalized spacial score (nSPS) is 18.1. The molecule has 0 atom stereocenters. The Kier molecular flexibility index (Phi) is 3.80. The summed E-state index contributed by atoms with van der Waals surface area (Å²) >= 11 is 0. The van der Waals surface area contributed by atoms with Gasteiger partial charge in [-0.2, -0.15) is 0 Å². The minimum absolute atomic E-state index is 0.0898. The molecule has 19 heavy (non-hydrogen) atoms. The van der Waals surface area contributed by atoms with Crippen molar-refractivity contribution in [1.29, 1.82) is 0 Å². The van der Waals surface area contributed by atoms with Gasteiger partial charge in [0.05, 0.1) is 11.4 Å². The van der Waals surface area contributed by atoms with Gasteiger partial charge in [-0.3, -0.25) is 9.10 Å². The van der Waals surface area contributed by atoms with Gasteiger partial charge in [-0.1, -0.05) is 0 Å². The first kappa shape index (κ1) is 13.9. The molecule has 1 amide bonds. The number of hydrogen-bond donors (Lipinski definition) is 0. The number of hydrogen-bond acceptors (Lipinski definition) is 3. The topological polar surface area (TPSA) is 57.7 Å². The molecule has 104 valence electrons. The largest absolute Gasteiger partial charge is 0.345 e. The Labute approximate surface area is 113 Å². The Hall–Kier alpha value is -1.56. The highest BCUT2D eigenvalue weighted by atomic mass is 32.2. The van der Waals surface area contributed by atoms with E-state index < -0.39 is 10.0 Å². The monoisotopic (exact) mass is 282 g/mol. The maximum absolute atomic E-state index is 12.0. The number of rotatable bonds is 2. The van der Waals surface area contributed by atoms with Gasteiger partial charge in [-0.15, -0.1) is 0 Å². The van der Waals surface area contributed by atoms with Gasteiger partial charge in [0.1, 0.15) is 0 Å². The van der Waals surface area contributed by atoms with E-state index in [2.05, 4.69) is 0 Å². The molecule has 0 bridgehead atoms. The minimum atomic E-state index is -3.19. The highest BCUT2D eigenvalue weighted by Crippen LogP contribution is 2.23. The Bertz CT molecular complexity index is 564. The van der Waals surface area contributed by atoms with Crippen molar-refractivity contribution in [3.63, 3.8) is 0 Å². The Balaban J connectivity index is 2.25. The van der Waals surface area contributed by atoms with E-state index >= 15 is 0 Å². The van der Waals surface area contributed by atoms with Crippen LogP contribution in [0, 0.1) is 0 Å². The molecule has 0 aromatic heterocycles. The molecular formula is C13H18N2O3S. The molecule has 0 radical (unpaired) electrons. The van der Waals surface area contributed by atoms with E-state index in [1.165, 1.54) is 9.21 Å². The van der Waals surface area contributed by atoms with Gasteiger partial charge in [-0.05, 0) is 37.1 Å². The average Bonchev–Trinajstić information content (AvgIpc) is 2.37.